The SMILES string of the molecule is Cc1ccc(F)cc1NN=C1C=CC(F)=CC1. The Hall–Kier alpha value is -1.97. The van der Waals surface area contributed by atoms with Crippen LogP contribution in [0.5, 0.6) is 0 Å². The van der Waals surface area contributed by atoms with Gasteiger partial charge in [0.25, 0.3) is 0 Å². The zero-order chi connectivity index (χ0) is 12.3. The fraction of sp³-hybridized carbons (Fsp3) is 0.154. The fourth-order valence-electron chi connectivity index (χ4n) is 1.44. The van der Waals surface area contributed by atoms with Gasteiger partial charge in [-0.05, 0) is 42.8 Å². The van der Waals surface area contributed by atoms with Crippen LogP contribution < -0.4 is 5.43 Å². The Kier molecular flexibility index (Phi) is 3.32. The van der Waals surface area contributed by atoms with Gasteiger partial charge in [-0.3, -0.25) is 5.43 Å². The van der Waals surface area contributed by atoms with Crippen LogP contribution in [0.3, 0.4) is 0 Å². The molecule has 0 heterocycles. The Bertz CT molecular complexity index is 516. The summed E-state index contributed by atoms with van der Waals surface area (Å²) in [6.45, 7) is 1.86. The molecule has 0 bridgehead atoms. The van der Waals surface area contributed by atoms with Crippen molar-refractivity contribution in [3.63, 3.8) is 0 Å². The van der Waals surface area contributed by atoms with Gasteiger partial charge in [0.2, 0.25) is 0 Å². The molecular weight excluding hydrogens is 222 g/mol. The minimum absolute atomic E-state index is 0.258. The van der Waals surface area contributed by atoms with Crippen molar-refractivity contribution < 1.29 is 8.78 Å². The van der Waals surface area contributed by atoms with E-state index in [-0.39, 0.29) is 11.6 Å². The number of hydrogen-bond acceptors (Lipinski definition) is 2. The fourth-order valence-corrected chi connectivity index (χ4v) is 1.44. The van der Waals surface area contributed by atoms with E-state index >= 15 is 0 Å². The van der Waals surface area contributed by atoms with Crippen molar-refractivity contribution in [1.29, 1.82) is 0 Å². The normalized spacial score (nSPS) is 17.1. The molecular formula is C13H12F2N2. The molecule has 1 N–H and O–H groups in total. The summed E-state index contributed by atoms with van der Waals surface area (Å²) in [5, 5.41) is 4.09. The van der Waals surface area contributed by atoms with Crippen molar-refractivity contribution in [2.45, 2.75) is 13.3 Å². The van der Waals surface area contributed by atoms with Crippen LogP contribution in [0.4, 0.5) is 14.5 Å². The highest BCUT2D eigenvalue weighted by Crippen LogP contribution is 2.16. The number of anilines is 1. The lowest BCUT2D eigenvalue weighted by Crippen LogP contribution is -2.02. The Balaban J connectivity index is 2.10. The Labute approximate surface area is 98.3 Å². The van der Waals surface area contributed by atoms with Crippen LogP contribution in [0.15, 0.2) is 47.4 Å². The summed E-state index contributed by atoms with van der Waals surface area (Å²) in [6.07, 6.45) is 4.82. The molecule has 88 valence electrons. The van der Waals surface area contributed by atoms with Gasteiger partial charge in [-0.2, -0.15) is 5.10 Å². The van der Waals surface area contributed by atoms with E-state index in [0.29, 0.717) is 17.8 Å². The summed E-state index contributed by atoms with van der Waals surface area (Å²) in [7, 11) is 0. The summed E-state index contributed by atoms with van der Waals surface area (Å²) >= 11 is 0. The van der Waals surface area contributed by atoms with Crippen molar-refractivity contribution in [2.75, 3.05) is 5.43 Å². The standard InChI is InChI=1S/C13H12F2N2/c1-9-2-3-11(15)8-13(9)17-16-12-6-4-10(14)5-7-12/h2-6,8,17H,7H2,1H3. The molecule has 0 saturated heterocycles. The number of aryl methyl sites for hydroxylation is 1. The predicted octanol–water partition coefficient (Wildman–Crippen LogP) is 3.72. The third-order valence-electron chi connectivity index (χ3n) is 2.46. The van der Waals surface area contributed by atoms with Crippen molar-refractivity contribution in [1.82, 2.24) is 0 Å². The largest absolute Gasteiger partial charge is 0.278 e. The van der Waals surface area contributed by atoms with Gasteiger partial charge in [-0.1, -0.05) is 6.07 Å². The lowest BCUT2D eigenvalue weighted by molar-refractivity contribution is 0.628. The molecule has 1 aromatic carbocycles. The highest BCUT2D eigenvalue weighted by atomic mass is 19.1. The van der Waals surface area contributed by atoms with E-state index in [9.17, 15) is 8.78 Å². The van der Waals surface area contributed by atoms with Crippen molar-refractivity contribution in [2.24, 2.45) is 5.10 Å². The van der Waals surface area contributed by atoms with Gasteiger partial charge in [0, 0.05) is 6.42 Å². The first-order valence-electron chi connectivity index (χ1n) is 5.27. The van der Waals surface area contributed by atoms with E-state index in [4.69, 9.17) is 0 Å². The van der Waals surface area contributed by atoms with E-state index < -0.39 is 0 Å². The number of hydrogen-bond donors (Lipinski definition) is 1. The second-order valence-electron chi connectivity index (χ2n) is 3.80. The first-order valence-corrected chi connectivity index (χ1v) is 5.27. The number of benzene rings is 1. The van der Waals surface area contributed by atoms with E-state index in [0.717, 1.165) is 5.56 Å². The van der Waals surface area contributed by atoms with Crippen LogP contribution in [0.25, 0.3) is 0 Å². The third-order valence-corrected chi connectivity index (χ3v) is 2.46. The molecule has 1 aromatic rings. The molecule has 4 heteroatoms. The lowest BCUT2D eigenvalue weighted by atomic mass is 10.1. The molecule has 0 unspecified atom stereocenters. The Morgan fingerprint density at radius 2 is 2.06 bits per heavy atom. The van der Waals surface area contributed by atoms with Gasteiger partial charge in [0.1, 0.15) is 11.6 Å². The first-order chi connectivity index (χ1) is 8.15. The molecule has 0 spiro atoms. The molecule has 0 atom stereocenters. The molecule has 1 aliphatic rings. The number of hydrazone groups is 1. The summed E-state index contributed by atoms with van der Waals surface area (Å²) < 4.78 is 25.7. The maximum Gasteiger partial charge on any atom is 0.125 e. The zero-order valence-corrected chi connectivity index (χ0v) is 9.37. The number of nitrogens with one attached hydrogen (secondary N) is 1. The number of allylic oxidation sites excluding steroid dienone is 4. The van der Waals surface area contributed by atoms with Crippen molar-refractivity contribution in [3.8, 4) is 0 Å². The third kappa shape index (κ3) is 3.00. The van der Waals surface area contributed by atoms with Gasteiger partial charge in [-0.15, -0.1) is 0 Å². The predicted molar refractivity (Wildman–Crippen MR) is 65.1 cm³/mol. The number of halogens is 2. The van der Waals surface area contributed by atoms with Crippen LogP contribution in [-0.2, 0) is 0 Å². The quantitative estimate of drug-likeness (QED) is 0.775. The van der Waals surface area contributed by atoms with E-state index in [1.165, 1.54) is 24.3 Å². The topological polar surface area (TPSA) is 24.4 Å². The van der Waals surface area contributed by atoms with Crippen LogP contribution in [0.1, 0.15) is 12.0 Å². The van der Waals surface area contributed by atoms with Crippen molar-refractivity contribution in [3.05, 3.63) is 53.6 Å². The summed E-state index contributed by atoms with van der Waals surface area (Å²) in [6, 6.07) is 4.45. The molecule has 17 heavy (non-hydrogen) atoms. The number of rotatable bonds is 2. The highest BCUT2D eigenvalue weighted by Gasteiger charge is 2.02. The van der Waals surface area contributed by atoms with E-state index in [1.54, 1.807) is 12.1 Å². The summed E-state index contributed by atoms with van der Waals surface area (Å²) in [5.74, 6) is -0.575. The van der Waals surface area contributed by atoms with Gasteiger partial charge in [-0.25, -0.2) is 8.78 Å². The van der Waals surface area contributed by atoms with Crippen LogP contribution in [-0.4, -0.2) is 5.71 Å². The van der Waals surface area contributed by atoms with Gasteiger partial charge >= 0.3 is 0 Å². The molecule has 1 aliphatic carbocycles. The molecule has 0 aliphatic heterocycles. The van der Waals surface area contributed by atoms with Crippen LogP contribution >= 0.6 is 0 Å². The Morgan fingerprint density at radius 3 is 2.76 bits per heavy atom. The second kappa shape index (κ2) is 4.91. The summed E-state index contributed by atoms with van der Waals surface area (Å²) in [5.41, 5.74) is 5.00. The zero-order valence-electron chi connectivity index (χ0n) is 9.37. The molecule has 2 nitrogen and oxygen atoms in total. The average molecular weight is 234 g/mol. The second-order valence-corrected chi connectivity index (χ2v) is 3.80. The smallest absolute Gasteiger partial charge is 0.125 e. The van der Waals surface area contributed by atoms with E-state index in [2.05, 4.69) is 10.5 Å². The van der Waals surface area contributed by atoms with E-state index in [1.807, 2.05) is 6.92 Å². The van der Waals surface area contributed by atoms with Gasteiger partial charge in [0.05, 0.1) is 11.4 Å². The van der Waals surface area contributed by atoms with Crippen molar-refractivity contribution >= 4 is 11.4 Å². The minimum Gasteiger partial charge on any atom is -0.278 e. The summed E-state index contributed by atoms with van der Waals surface area (Å²) in [4.78, 5) is 0. The maximum atomic E-state index is 13.0. The highest BCUT2D eigenvalue weighted by molar-refractivity contribution is 5.97. The molecule has 0 fully saturated rings. The Morgan fingerprint density at radius 1 is 1.24 bits per heavy atom. The molecule has 0 radical (unpaired) electrons. The number of nitrogens with zero attached hydrogens (tertiary/aromatic N) is 1. The molecule has 0 aromatic heterocycles. The molecule has 2 rings (SSSR count). The van der Waals surface area contributed by atoms with Crippen LogP contribution in [0.2, 0.25) is 0 Å². The minimum atomic E-state index is -0.316. The maximum absolute atomic E-state index is 13.0. The monoisotopic (exact) mass is 234 g/mol. The first kappa shape index (κ1) is 11.5. The molecule has 0 amide bonds. The lowest BCUT2D eigenvalue weighted by Gasteiger charge is -2.07. The van der Waals surface area contributed by atoms with Gasteiger partial charge in [0.15, 0.2) is 0 Å². The molecule has 0 saturated carbocycles. The average Bonchev–Trinajstić information content (AvgIpc) is 2.32. The van der Waals surface area contributed by atoms with Gasteiger partial charge < -0.3 is 0 Å². The van der Waals surface area contributed by atoms with Crippen LogP contribution in [0, 0.1) is 12.7 Å².